The molecule has 7 heteroatoms. The van der Waals surface area contributed by atoms with Crippen LogP contribution in [0.5, 0.6) is 0 Å². The lowest BCUT2D eigenvalue weighted by molar-refractivity contribution is 0.101. The number of para-hydroxylation sites is 1. The Morgan fingerprint density at radius 2 is 1.77 bits per heavy atom. The quantitative estimate of drug-likeness (QED) is 0.340. The molecular weight excluding hydrogens is 394 g/mol. The summed E-state index contributed by atoms with van der Waals surface area (Å²) in [5.41, 5.74) is 5.30. The van der Waals surface area contributed by atoms with Crippen LogP contribution in [0.1, 0.15) is 23.0 Å². The first-order chi connectivity index (χ1) is 14.6. The Morgan fingerprint density at radius 3 is 2.43 bits per heavy atom. The van der Waals surface area contributed by atoms with Gasteiger partial charge in [-0.15, -0.1) is 11.8 Å². The van der Waals surface area contributed by atoms with Crippen LogP contribution in [0.2, 0.25) is 0 Å². The van der Waals surface area contributed by atoms with Crippen molar-refractivity contribution < 1.29 is 4.79 Å². The van der Waals surface area contributed by atoms with Gasteiger partial charge in [-0.25, -0.2) is 14.6 Å². The highest BCUT2D eigenvalue weighted by molar-refractivity contribution is 7.98. The summed E-state index contributed by atoms with van der Waals surface area (Å²) in [7, 11) is 0. The van der Waals surface area contributed by atoms with Gasteiger partial charge in [-0.1, -0.05) is 18.2 Å². The van der Waals surface area contributed by atoms with E-state index in [4.69, 9.17) is 10.1 Å². The second-order valence-corrected chi connectivity index (χ2v) is 7.54. The van der Waals surface area contributed by atoms with Gasteiger partial charge in [-0.3, -0.25) is 4.79 Å². The van der Waals surface area contributed by atoms with Crippen LogP contribution in [-0.2, 0) is 0 Å². The topological polar surface area (TPSA) is 72.7 Å². The Morgan fingerprint density at radius 1 is 1.03 bits per heavy atom. The molecule has 150 valence electrons. The molecule has 0 unspecified atom stereocenters. The number of anilines is 2. The van der Waals surface area contributed by atoms with Gasteiger partial charge in [0.2, 0.25) is 5.95 Å². The lowest BCUT2D eigenvalue weighted by Gasteiger charge is -2.08. The Hall–Kier alpha value is -3.45. The molecule has 0 aliphatic carbocycles. The minimum Gasteiger partial charge on any atom is -0.324 e. The molecule has 30 heavy (non-hydrogen) atoms. The van der Waals surface area contributed by atoms with Crippen LogP contribution in [0.25, 0.3) is 16.9 Å². The molecule has 2 heterocycles. The summed E-state index contributed by atoms with van der Waals surface area (Å²) in [6.07, 6.45) is 3.75. The summed E-state index contributed by atoms with van der Waals surface area (Å²) in [6.45, 7) is 3.60. The summed E-state index contributed by atoms with van der Waals surface area (Å²) < 4.78 is 1.94. The minimum atomic E-state index is 0.0373. The predicted molar refractivity (Wildman–Crippen MR) is 121 cm³/mol. The maximum Gasteiger partial charge on any atom is 0.227 e. The third-order valence-corrected chi connectivity index (χ3v) is 5.41. The number of Topliss-reactive ketones (excluding diaryl/α,β-unsaturated/α-hetero) is 1. The normalized spacial score (nSPS) is 10.8. The molecule has 0 radical (unpaired) electrons. The van der Waals surface area contributed by atoms with Gasteiger partial charge < -0.3 is 5.32 Å². The Labute approximate surface area is 179 Å². The van der Waals surface area contributed by atoms with Gasteiger partial charge in [-0.05, 0) is 62.6 Å². The van der Waals surface area contributed by atoms with Gasteiger partial charge in [0.25, 0.3) is 0 Å². The highest BCUT2D eigenvalue weighted by atomic mass is 32.2. The Kier molecular flexibility index (Phi) is 5.63. The lowest BCUT2D eigenvalue weighted by Crippen LogP contribution is -2.00. The molecule has 2 aromatic heterocycles. The zero-order valence-corrected chi connectivity index (χ0v) is 17.8. The number of aromatic nitrogens is 4. The minimum absolute atomic E-state index is 0.0373. The predicted octanol–water partition coefficient (Wildman–Crippen LogP) is 5.31. The van der Waals surface area contributed by atoms with Crippen molar-refractivity contribution >= 4 is 29.2 Å². The lowest BCUT2D eigenvalue weighted by atomic mass is 10.1. The summed E-state index contributed by atoms with van der Waals surface area (Å²) >= 11 is 1.59. The van der Waals surface area contributed by atoms with E-state index in [-0.39, 0.29) is 5.78 Å². The largest absolute Gasteiger partial charge is 0.324 e. The van der Waals surface area contributed by atoms with Crippen LogP contribution in [0, 0.1) is 6.92 Å². The third-order valence-electron chi connectivity index (χ3n) is 4.74. The van der Waals surface area contributed by atoms with Gasteiger partial charge in [0.1, 0.15) is 5.03 Å². The van der Waals surface area contributed by atoms with Crippen molar-refractivity contribution in [2.24, 2.45) is 0 Å². The standard InChI is InChI=1S/C23H21N5OS/c1-15-21(22(30-3)27-28(15)19-7-5-4-6-8-19)20-13-14-24-23(26-20)25-18-11-9-17(10-12-18)16(2)29/h4-14H,1-3H3,(H,24,25,26). The SMILES string of the molecule is CSc1nn(-c2ccccc2)c(C)c1-c1ccnc(Nc2ccc(C(C)=O)cc2)n1. The molecule has 0 saturated heterocycles. The fourth-order valence-corrected chi connectivity index (χ4v) is 3.83. The van der Waals surface area contributed by atoms with E-state index in [1.54, 1.807) is 37.0 Å². The maximum absolute atomic E-state index is 11.5. The Bertz CT molecular complexity index is 1190. The van der Waals surface area contributed by atoms with Crippen molar-refractivity contribution in [2.45, 2.75) is 18.9 Å². The van der Waals surface area contributed by atoms with Gasteiger partial charge in [0.05, 0.1) is 22.6 Å². The first-order valence-electron chi connectivity index (χ1n) is 9.47. The second kappa shape index (κ2) is 8.51. The molecular formula is C23H21N5OS. The van der Waals surface area contributed by atoms with Crippen molar-refractivity contribution in [2.75, 3.05) is 11.6 Å². The number of carbonyl (C=O) groups excluding carboxylic acids is 1. The number of hydrogen-bond donors (Lipinski definition) is 1. The fraction of sp³-hybridized carbons (Fsp3) is 0.130. The van der Waals surface area contributed by atoms with Gasteiger partial charge >= 0.3 is 0 Å². The van der Waals surface area contributed by atoms with E-state index in [2.05, 4.69) is 10.3 Å². The van der Waals surface area contributed by atoms with Crippen LogP contribution in [-0.4, -0.2) is 31.8 Å². The Balaban J connectivity index is 1.68. The van der Waals surface area contributed by atoms with Crippen molar-refractivity contribution in [3.8, 4) is 16.9 Å². The summed E-state index contributed by atoms with van der Waals surface area (Å²) in [5.74, 6) is 0.525. The number of rotatable bonds is 6. The van der Waals surface area contributed by atoms with Crippen molar-refractivity contribution in [1.82, 2.24) is 19.7 Å². The number of nitrogens with zero attached hydrogens (tertiary/aromatic N) is 4. The maximum atomic E-state index is 11.5. The zero-order chi connectivity index (χ0) is 21.1. The van der Waals surface area contributed by atoms with E-state index in [1.807, 2.05) is 66.4 Å². The van der Waals surface area contributed by atoms with Crippen LogP contribution in [0.4, 0.5) is 11.6 Å². The van der Waals surface area contributed by atoms with Gasteiger partial charge in [-0.2, -0.15) is 5.10 Å². The molecule has 0 bridgehead atoms. The number of thioether (sulfide) groups is 1. The molecule has 0 aliphatic heterocycles. The highest BCUT2D eigenvalue weighted by Crippen LogP contribution is 2.33. The summed E-state index contributed by atoms with van der Waals surface area (Å²) in [4.78, 5) is 20.5. The molecule has 0 saturated carbocycles. The van der Waals surface area contributed by atoms with E-state index in [0.29, 0.717) is 11.5 Å². The van der Waals surface area contributed by atoms with E-state index in [1.165, 1.54) is 0 Å². The number of benzene rings is 2. The van der Waals surface area contributed by atoms with Crippen LogP contribution in [0.15, 0.2) is 71.9 Å². The average Bonchev–Trinajstić information content (AvgIpc) is 3.11. The van der Waals surface area contributed by atoms with E-state index in [0.717, 1.165) is 33.4 Å². The van der Waals surface area contributed by atoms with Crippen molar-refractivity contribution in [1.29, 1.82) is 0 Å². The van der Waals surface area contributed by atoms with E-state index >= 15 is 0 Å². The fourth-order valence-electron chi connectivity index (χ4n) is 3.21. The molecule has 4 rings (SSSR count). The zero-order valence-electron chi connectivity index (χ0n) is 17.0. The number of hydrogen-bond acceptors (Lipinski definition) is 6. The van der Waals surface area contributed by atoms with E-state index in [9.17, 15) is 4.79 Å². The van der Waals surface area contributed by atoms with Gasteiger partial charge in [0, 0.05) is 17.4 Å². The molecule has 2 aromatic carbocycles. The first-order valence-corrected chi connectivity index (χ1v) is 10.7. The first kappa shape index (κ1) is 19.8. The summed E-state index contributed by atoms with van der Waals surface area (Å²) in [6, 6.07) is 19.2. The van der Waals surface area contributed by atoms with Crippen molar-refractivity contribution in [3.63, 3.8) is 0 Å². The van der Waals surface area contributed by atoms with Crippen LogP contribution in [0.3, 0.4) is 0 Å². The number of ketones is 1. The van der Waals surface area contributed by atoms with Crippen LogP contribution < -0.4 is 5.32 Å². The van der Waals surface area contributed by atoms with E-state index < -0.39 is 0 Å². The molecule has 6 nitrogen and oxygen atoms in total. The highest BCUT2D eigenvalue weighted by Gasteiger charge is 2.18. The number of nitrogens with one attached hydrogen (secondary N) is 1. The molecule has 4 aromatic rings. The second-order valence-electron chi connectivity index (χ2n) is 6.74. The molecule has 0 atom stereocenters. The van der Waals surface area contributed by atoms with Gasteiger partial charge in [0.15, 0.2) is 5.78 Å². The summed E-state index contributed by atoms with van der Waals surface area (Å²) in [5, 5.41) is 8.90. The van der Waals surface area contributed by atoms with Crippen LogP contribution >= 0.6 is 11.8 Å². The smallest absolute Gasteiger partial charge is 0.227 e. The molecule has 0 spiro atoms. The molecule has 0 aliphatic rings. The molecule has 1 N–H and O–H groups in total. The molecule has 0 fully saturated rings. The molecule has 0 amide bonds. The number of carbonyl (C=O) groups is 1. The third kappa shape index (κ3) is 3.97. The monoisotopic (exact) mass is 415 g/mol. The van der Waals surface area contributed by atoms with Crippen molar-refractivity contribution in [3.05, 3.63) is 78.1 Å². The average molecular weight is 416 g/mol.